The highest BCUT2D eigenvalue weighted by Crippen LogP contribution is 2.11. The normalized spacial score (nSPS) is 15.1. The molecule has 0 bridgehead atoms. The lowest BCUT2D eigenvalue weighted by atomic mass is 10.1. The molecule has 0 heterocycles. The minimum Gasteiger partial charge on any atom is -0.300 e. The second-order valence-electron chi connectivity index (χ2n) is 4.16. The van der Waals surface area contributed by atoms with Gasteiger partial charge >= 0.3 is 0 Å². The number of ketones is 1. The van der Waals surface area contributed by atoms with Crippen molar-refractivity contribution in [3.63, 3.8) is 0 Å². The van der Waals surface area contributed by atoms with Crippen molar-refractivity contribution >= 4 is 5.78 Å². The zero-order chi connectivity index (χ0) is 10.6. The summed E-state index contributed by atoms with van der Waals surface area (Å²) in [4.78, 5) is 10.2. The van der Waals surface area contributed by atoms with Gasteiger partial charge in [-0.1, -0.05) is 52.4 Å². The molecule has 0 saturated heterocycles. The fourth-order valence-corrected chi connectivity index (χ4v) is 1.62. The van der Waals surface area contributed by atoms with E-state index in [4.69, 9.17) is 0 Å². The maximum atomic E-state index is 10.2. The van der Waals surface area contributed by atoms with E-state index in [1.165, 1.54) is 38.5 Å². The summed E-state index contributed by atoms with van der Waals surface area (Å²) in [6.45, 7) is 4.51. The van der Waals surface area contributed by atoms with Gasteiger partial charge in [-0.05, 0) is 12.8 Å². The van der Waals surface area contributed by atoms with Crippen LogP contribution in [0.4, 0.5) is 0 Å². The smallest absolute Gasteiger partial charge is 0.132 e. The van der Waals surface area contributed by atoms with E-state index in [1.54, 1.807) is 0 Å². The minimum absolute atomic E-state index is 0.454. The molecule has 1 aliphatic rings. The van der Waals surface area contributed by atoms with Gasteiger partial charge in [0.05, 0.1) is 0 Å². The van der Waals surface area contributed by atoms with Crippen LogP contribution in [0.25, 0.3) is 0 Å². The summed E-state index contributed by atoms with van der Waals surface area (Å²) >= 11 is 0. The molecule has 1 fully saturated rings. The fourth-order valence-electron chi connectivity index (χ4n) is 1.62. The number of Topliss-reactive ketones (excluding diaryl/α,β-unsaturated/α-hetero) is 1. The highest BCUT2D eigenvalue weighted by molar-refractivity contribution is 5.79. The first kappa shape index (κ1) is 13.7. The zero-order valence-corrected chi connectivity index (χ0v) is 9.98. The molecule has 1 saturated carbocycles. The monoisotopic (exact) mass is 198 g/mol. The number of hydrogen-bond donors (Lipinski definition) is 0. The molecule has 0 aromatic rings. The topological polar surface area (TPSA) is 17.1 Å². The van der Waals surface area contributed by atoms with E-state index in [9.17, 15) is 4.79 Å². The van der Waals surface area contributed by atoms with E-state index in [1.807, 2.05) is 0 Å². The van der Waals surface area contributed by atoms with Gasteiger partial charge in [0.2, 0.25) is 0 Å². The standard InChI is InChI=1S/C8H18.C5H8O/c1-3-5-7-8-6-4-2;6-5-3-1-2-4-5/h3-8H2,1-2H3;1-4H2. The Morgan fingerprint density at radius 3 is 1.50 bits per heavy atom. The molecule has 1 aliphatic carbocycles. The predicted octanol–water partition coefficient (Wildman–Crippen LogP) is 4.50. The van der Waals surface area contributed by atoms with Crippen LogP contribution < -0.4 is 0 Å². The van der Waals surface area contributed by atoms with Crippen LogP contribution in [0.2, 0.25) is 0 Å². The summed E-state index contributed by atoms with van der Waals surface area (Å²) < 4.78 is 0. The van der Waals surface area contributed by atoms with Gasteiger partial charge in [0.25, 0.3) is 0 Å². The number of carbonyl (C=O) groups excluding carboxylic acids is 1. The molecule has 14 heavy (non-hydrogen) atoms. The van der Waals surface area contributed by atoms with Crippen LogP contribution in [-0.2, 0) is 4.79 Å². The lowest BCUT2D eigenvalue weighted by Gasteiger charge is -1.93. The Morgan fingerprint density at radius 2 is 1.29 bits per heavy atom. The van der Waals surface area contributed by atoms with Gasteiger partial charge in [-0.2, -0.15) is 0 Å². The molecule has 84 valence electrons. The molecular formula is C13H26O. The maximum Gasteiger partial charge on any atom is 0.132 e. The van der Waals surface area contributed by atoms with Crippen LogP contribution in [0.5, 0.6) is 0 Å². The Morgan fingerprint density at radius 1 is 0.857 bits per heavy atom. The second-order valence-corrected chi connectivity index (χ2v) is 4.16. The summed E-state index contributed by atoms with van der Waals surface area (Å²) in [7, 11) is 0. The molecule has 1 nitrogen and oxygen atoms in total. The molecule has 0 aromatic heterocycles. The largest absolute Gasteiger partial charge is 0.300 e. The first-order valence-electron chi connectivity index (χ1n) is 6.33. The van der Waals surface area contributed by atoms with Crippen molar-refractivity contribution in [2.45, 2.75) is 78.1 Å². The average molecular weight is 198 g/mol. The zero-order valence-electron chi connectivity index (χ0n) is 9.98. The number of carbonyl (C=O) groups is 1. The quantitative estimate of drug-likeness (QED) is 0.595. The second kappa shape index (κ2) is 10.7. The first-order valence-corrected chi connectivity index (χ1v) is 6.33. The fraction of sp³-hybridized carbons (Fsp3) is 0.923. The predicted molar refractivity (Wildman–Crippen MR) is 62.5 cm³/mol. The van der Waals surface area contributed by atoms with E-state index in [0.717, 1.165) is 25.7 Å². The van der Waals surface area contributed by atoms with E-state index < -0.39 is 0 Å². The van der Waals surface area contributed by atoms with Gasteiger partial charge in [-0.25, -0.2) is 0 Å². The summed E-state index contributed by atoms with van der Waals surface area (Å²) in [5.41, 5.74) is 0. The molecule has 0 amide bonds. The van der Waals surface area contributed by atoms with Crippen molar-refractivity contribution in [1.29, 1.82) is 0 Å². The van der Waals surface area contributed by atoms with Crippen molar-refractivity contribution in [1.82, 2.24) is 0 Å². The van der Waals surface area contributed by atoms with Gasteiger partial charge in [-0.3, -0.25) is 4.79 Å². The molecule has 0 radical (unpaired) electrons. The third-order valence-corrected chi connectivity index (χ3v) is 2.62. The third-order valence-electron chi connectivity index (χ3n) is 2.62. The van der Waals surface area contributed by atoms with Gasteiger partial charge in [0, 0.05) is 12.8 Å². The minimum atomic E-state index is 0.454. The van der Waals surface area contributed by atoms with Gasteiger partial charge in [0.15, 0.2) is 0 Å². The van der Waals surface area contributed by atoms with Crippen LogP contribution in [0, 0.1) is 0 Å². The number of unbranched alkanes of at least 4 members (excludes halogenated alkanes) is 5. The molecule has 0 aromatic carbocycles. The molecule has 0 aliphatic heterocycles. The van der Waals surface area contributed by atoms with Crippen LogP contribution in [0.15, 0.2) is 0 Å². The van der Waals surface area contributed by atoms with Crippen molar-refractivity contribution in [3.05, 3.63) is 0 Å². The average Bonchev–Trinajstić information content (AvgIpc) is 2.65. The van der Waals surface area contributed by atoms with Crippen molar-refractivity contribution in [2.75, 3.05) is 0 Å². The highest BCUT2D eigenvalue weighted by atomic mass is 16.1. The van der Waals surface area contributed by atoms with E-state index in [-0.39, 0.29) is 0 Å². The van der Waals surface area contributed by atoms with E-state index >= 15 is 0 Å². The molecule has 0 spiro atoms. The van der Waals surface area contributed by atoms with Gasteiger partial charge in [-0.15, -0.1) is 0 Å². The van der Waals surface area contributed by atoms with Gasteiger partial charge in [0.1, 0.15) is 5.78 Å². The Balaban J connectivity index is 0.000000249. The van der Waals surface area contributed by atoms with Crippen LogP contribution >= 0.6 is 0 Å². The molecule has 0 atom stereocenters. The van der Waals surface area contributed by atoms with Crippen LogP contribution in [-0.4, -0.2) is 5.78 Å². The highest BCUT2D eigenvalue weighted by Gasteiger charge is 2.07. The SMILES string of the molecule is CCCCCCCC.O=C1CCCC1. The molecule has 0 unspecified atom stereocenters. The molecule has 1 rings (SSSR count). The molecular weight excluding hydrogens is 172 g/mol. The van der Waals surface area contributed by atoms with Crippen LogP contribution in [0.1, 0.15) is 78.1 Å². The van der Waals surface area contributed by atoms with Gasteiger partial charge < -0.3 is 0 Å². The Bertz CT molecular complexity index is 115. The molecule has 0 N–H and O–H groups in total. The third kappa shape index (κ3) is 9.76. The van der Waals surface area contributed by atoms with E-state index in [0.29, 0.717) is 5.78 Å². The Hall–Kier alpha value is -0.330. The number of rotatable bonds is 5. The summed E-state index contributed by atoms with van der Waals surface area (Å²) in [6, 6.07) is 0. The summed E-state index contributed by atoms with van der Waals surface area (Å²) in [5.74, 6) is 0.454. The summed E-state index contributed by atoms with van der Waals surface area (Å²) in [6.07, 6.45) is 12.5. The lowest BCUT2D eigenvalue weighted by molar-refractivity contribution is -0.117. The Kier molecular flexibility index (Phi) is 10.5. The van der Waals surface area contributed by atoms with Crippen molar-refractivity contribution in [2.24, 2.45) is 0 Å². The molecule has 1 heteroatoms. The Labute approximate surface area is 89.3 Å². The van der Waals surface area contributed by atoms with Crippen molar-refractivity contribution in [3.8, 4) is 0 Å². The summed E-state index contributed by atoms with van der Waals surface area (Å²) in [5, 5.41) is 0. The first-order chi connectivity index (χ1) is 6.81. The maximum absolute atomic E-state index is 10.2. The lowest BCUT2D eigenvalue weighted by Crippen LogP contribution is -1.81. The van der Waals surface area contributed by atoms with E-state index in [2.05, 4.69) is 13.8 Å². The van der Waals surface area contributed by atoms with Crippen molar-refractivity contribution < 1.29 is 4.79 Å². The number of hydrogen-bond acceptors (Lipinski definition) is 1. The van der Waals surface area contributed by atoms with Crippen LogP contribution in [0.3, 0.4) is 0 Å².